The van der Waals surface area contributed by atoms with Crippen molar-refractivity contribution in [1.82, 2.24) is 14.9 Å². The van der Waals surface area contributed by atoms with Crippen LogP contribution in [0, 0.1) is 11.8 Å². The molecule has 0 bridgehead atoms. The van der Waals surface area contributed by atoms with Crippen LogP contribution in [0.4, 0.5) is 19.3 Å². The summed E-state index contributed by atoms with van der Waals surface area (Å²) in [5, 5.41) is 2.53. The molecule has 0 saturated carbocycles. The molecule has 2 unspecified atom stereocenters. The van der Waals surface area contributed by atoms with E-state index >= 15 is 0 Å². The summed E-state index contributed by atoms with van der Waals surface area (Å²) in [7, 11) is 0. The standard InChI is InChI=1S/C17H17ClF2N4O/c1-3-14-10-4-5-21-16(20)11(10)6-9(2)24(14)17(25)23-13-8-22-15(18)7-12(13)19/h4-5,7-9,14H,3,6H2,1-2H3,(H,23,25). The Kier molecular flexibility index (Phi) is 4.85. The van der Waals surface area contributed by atoms with Crippen molar-refractivity contribution in [3.05, 3.63) is 52.6 Å². The molecule has 8 heteroatoms. The van der Waals surface area contributed by atoms with Gasteiger partial charge in [0.15, 0.2) is 5.82 Å². The summed E-state index contributed by atoms with van der Waals surface area (Å²) in [5.74, 6) is -1.17. The Hall–Kier alpha value is -2.28. The Morgan fingerprint density at radius 2 is 2.20 bits per heavy atom. The van der Waals surface area contributed by atoms with Crippen LogP contribution in [0.15, 0.2) is 24.5 Å². The summed E-state index contributed by atoms with van der Waals surface area (Å²) in [5.41, 5.74) is 1.21. The van der Waals surface area contributed by atoms with Crippen molar-refractivity contribution in [1.29, 1.82) is 0 Å². The van der Waals surface area contributed by atoms with E-state index in [4.69, 9.17) is 11.6 Å². The number of halogens is 3. The average molecular weight is 367 g/mol. The van der Waals surface area contributed by atoms with Crippen LogP contribution in [0.5, 0.6) is 0 Å². The lowest BCUT2D eigenvalue weighted by Gasteiger charge is -2.41. The summed E-state index contributed by atoms with van der Waals surface area (Å²) in [6.07, 6.45) is 3.50. The predicted molar refractivity (Wildman–Crippen MR) is 90.5 cm³/mol. The fourth-order valence-electron chi connectivity index (χ4n) is 3.28. The number of rotatable bonds is 2. The minimum absolute atomic E-state index is 0.00479. The van der Waals surface area contributed by atoms with Gasteiger partial charge >= 0.3 is 6.03 Å². The van der Waals surface area contributed by atoms with Crippen LogP contribution in [-0.2, 0) is 6.42 Å². The first-order valence-corrected chi connectivity index (χ1v) is 8.33. The lowest BCUT2D eigenvalue weighted by molar-refractivity contribution is 0.147. The molecule has 0 aromatic carbocycles. The van der Waals surface area contributed by atoms with Crippen molar-refractivity contribution in [3.63, 3.8) is 0 Å². The Morgan fingerprint density at radius 1 is 1.44 bits per heavy atom. The van der Waals surface area contributed by atoms with Crippen molar-refractivity contribution < 1.29 is 13.6 Å². The van der Waals surface area contributed by atoms with Crippen molar-refractivity contribution in [2.24, 2.45) is 0 Å². The zero-order valence-corrected chi connectivity index (χ0v) is 14.5. The third-order valence-electron chi connectivity index (χ3n) is 4.39. The first-order valence-electron chi connectivity index (χ1n) is 7.96. The maximum Gasteiger partial charge on any atom is 0.322 e. The van der Waals surface area contributed by atoms with Gasteiger partial charge in [-0.25, -0.2) is 19.2 Å². The monoisotopic (exact) mass is 366 g/mol. The third-order valence-corrected chi connectivity index (χ3v) is 4.60. The zero-order valence-electron chi connectivity index (χ0n) is 13.8. The van der Waals surface area contributed by atoms with Gasteiger partial charge in [-0.3, -0.25) is 0 Å². The maximum absolute atomic E-state index is 14.0. The summed E-state index contributed by atoms with van der Waals surface area (Å²) in [6, 6.07) is 1.71. The molecule has 3 heterocycles. The summed E-state index contributed by atoms with van der Waals surface area (Å²) < 4.78 is 28.0. The van der Waals surface area contributed by atoms with Gasteiger partial charge in [-0.1, -0.05) is 18.5 Å². The van der Waals surface area contributed by atoms with Crippen LogP contribution >= 0.6 is 11.6 Å². The highest BCUT2D eigenvalue weighted by Gasteiger charge is 2.36. The molecule has 1 aliphatic rings. The average Bonchev–Trinajstić information content (AvgIpc) is 2.57. The molecule has 0 radical (unpaired) electrons. The molecular formula is C17H17ClF2N4O. The lowest BCUT2D eigenvalue weighted by atomic mass is 9.89. The number of carbonyl (C=O) groups excluding carboxylic acids is 1. The number of amides is 2. The predicted octanol–water partition coefficient (Wildman–Crippen LogP) is 4.34. The van der Waals surface area contributed by atoms with Crippen LogP contribution in [0.3, 0.4) is 0 Å². The van der Waals surface area contributed by atoms with E-state index in [2.05, 4.69) is 15.3 Å². The van der Waals surface area contributed by atoms with E-state index in [1.54, 1.807) is 11.0 Å². The quantitative estimate of drug-likeness (QED) is 0.804. The Bertz CT molecular complexity index is 817. The number of pyridine rings is 2. The topological polar surface area (TPSA) is 58.1 Å². The third kappa shape index (κ3) is 3.28. The Morgan fingerprint density at radius 3 is 2.88 bits per heavy atom. The number of aromatic nitrogens is 2. The lowest BCUT2D eigenvalue weighted by Crippen LogP contribution is -2.48. The Balaban J connectivity index is 1.91. The molecule has 5 nitrogen and oxygen atoms in total. The second-order valence-electron chi connectivity index (χ2n) is 5.97. The van der Waals surface area contributed by atoms with E-state index in [0.29, 0.717) is 18.4 Å². The number of fused-ring (bicyclic) bond motifs is 1. The van der Waals surface area contributed by atoms with E-state index in [1.165, 1.54) is 12.4 Å². The van der Waals surface area contributed by atoms with E-state index in [0.717, 1.165) is 11.6 Å². The van der Waals surface area contributed by atoms with E-state index in [-0.39, 0.29) is 22.9 Å². The molecule has 0 aliphatic carbocycles. The molecule has 132 valence electrons. The van der Waals surface area contributed by atoms with Gasteiger partial charge in [0.25, 0.3) is 0 Å². The van der Waals surface area contributed by atoms with Crippen molar-refractivity contribution in [2.45, 2.75) is 38.8 Å². The SMILES string of the molecule is CCC1c2ccnc(F)c2CC(C)N1C(=O)Nc1cnc(Cl)cc1F. The van der Waals surface area contributed by atoms with Crippen LogP contribution in [-0.4, -0.2) is 26.9 Å². The highest BCUT2D eigenvalue weighted by atomic mass is 35.5. The Labute approximate surface area is 149 Å². The fourth-order valence-corrected chi connectivity index (χ4v) is 3.43. The number of nitrogens with zero attached hydrogens (tertiary/aromatic N) is 3. The minimum Gasteiger partial charge on any atom is -0.314 e. The van der Waals surface area contributed by atoms with Gasteiger partial charge in [0.2, 0.25) is 5.95 Å². The highest BCUT2D eigenvalue weighted by Crippen LogP contribution is 2.36. The molecule has 2 amide bonds. The van der Waals surface area contributed by atoms with Gasteiger partial charge < -0.3 is 10.2 Å². The number of anilines is 1. The molecule has 1 N–H and O–H groups in total. The largest absolute Gasteiger partial charge is 0.322 e. The van der Waals surface area contributed by atoms with E-state index in [9.17, 15) is 13.6 Å². The van der Waals surface area contributed by atoms with Gasteiger partial charge in [0.1, 0.15) is 5.15 Å². The molecule has 0 fully saturated rings. The summed E-state index contributed by atoms with van der Waals surface area (Å²) >= 11 is 5.63. The smallest absolute Gasteiger partial charge is 0.314 e. The van der Waals surface area contributed by atoms with Gasteiger partial charge in [0.05, 0.1) is 17.9 Å². The first kappa shape index (κ1) is 17.5. The van der Waals surface area contributed by atoms with Crippen molar-refractivity contribution in [2.75, 3.05) is 5.32 Å². The molecule has 25 heavy (non-hydrogen) atoms. The van der Waals surface area contributed by atoms with Gasteiger partial charge in [-0.05, 0) is 31.4 Å². The molecular weight excluding hydrogens is 350 g/mol. The van der Waals surface area contributed by atoms with Gasteiger partial charge in [-0.2, -0.15) is 4.39 Å². The molecule has 3 rings (SSSR count). The molecule has 2 aromatic rings. The molecule has 2 aromatic heterocycles. The zero-order chi connectivity index (χ0) is 18.1. The number of hydrogen-bond donors (Lipinski definition) is 1. The maximum atomic E-state index is 14.0. The normalized spacial score (nSPS) is 19.5. The van der Waals surface area contributed by atoms with Crippen LogP contribution in [0.1, 0.15) is 37.4 Å². The van der Waals surface area contributed by atoms with Crippen LogP contribution < -0.4 is 5.32 Å². The summed E-state index contributed by atoms with van der Waals surface area (Å²) in [6.45, 7) is 3.74. The van der Waals surface area contributed by atoms with Crippen molar-refractivity contribution >= 4 is 23.3 Å². The van der Waals surface area contributed by atoms with Gasteiger partial charge in [-0.15, -0.1) is 0 Å². The fraction of sp³-hybridized carbons (Fsp3) is 0.353. The van der Waals surface area contributed by atoms with Gasteiger partial charge in [0, 0.05) is 23.9 Å². The van der Waals surface area contributed by atoms with Crippen LogP contribution in [0.25, 0.3) is 0 Å². The number of hydrogen-bond acceptors (Lipinski definition) is 3. The van der Waals surface area contributed by atoms with E-state index in [1.807, 2.05) is 13.8 Å². The summed E-state index contributed by atoms with van der Waals surface area (Å²) in [4.78, 5) is 21.8. The highest BCUT2D eigenvalue weighted by molar-refractivity contribution is 6.29. The second-order valence-corrected chi connectivity index (χ2v) is 6.36. The van der Waals surface area contributed by atoms with Crippen LogP contribution in [0.2, 0.25) is 5.15 Å². The molecule has 2 atom stereocenters. The minimum atomic E-state index is -0.665. The number of urea groups is 1. The molecule has 1 aliphatic heterocycles. The number of nitrogens with one attached hydrogen (secondary N) is 1. The first-order chi connectivity index (χ1) is 11.9. The van der Waals surface area contributed by atoms with E-state index < -0.39 is 17.8 Å². The molecule has 0 saturated heterocycles. The van der Waals surface area contributed by atoms with Crippen molar-refractivity contribution in [3.8, 4) is 0 Å². The number of carbonyl (C=O) groups is 1. The molecule has 0 spiro atoms. The second kappa shape index (κ2) is 6.92.